The van der Waals surface area contributed by atoms with Crippen LogP contribution in [0.1, 0.15) is 36.5 Å². The van der Waals surface area contributed by atoms with Crippen LogP contribution in [0.3, 0.4) is 0 Å². The number of unbranched alkanes of at least 4 members (excludes halogenated alkanes) is 1. The van der Waals surface area contributed by atoms with Gasteiger partial charge in [-0.05, 0) is 43.2 Å². The summed E-state index contributed by atoms with van der Waals surface area (Å²) in [5, 5.41) is 0.867. The molecule has 0 spiro atoms. The lowest BCUT2D eigenvalue weighted by molar-refractivity contribution is 0.0775. The first kappa shape index (κ1) is 16.9. The highest BCUT2D eigenvalue weighted by Gasteiger charge is 2.23. The quantitative estimate of drug-likeness (QED) is 0.596. The molecule has 0 heterocycles. The third-order valence-corrected chi connectivity index (χ3v) is 3.88. The van der Waals surface area contributed by atoms with Gasteiger partial charge >= 0.3 is 0 Å². The molecular formula is C18H18Cl2O2. The molecular weight excluding hydrogens is 319 g/mol. The second-order valence-corrected chi connectivity index (χ2v) is 5.89. The fourth-order valence-electron chi connectivity index (χ4n) is 2.16. The van der Waals surface area contributed by atoms with E-state index in [1.54, 1.807) is 18.2 Å². The Bertz CT molecular complexity index is 626. The molecule has 2 rings (SSSR count). The van der Waals surface area contributed by atoms with Gasteiger partial charge in [0.15, 0.2) is 6.10 Å². The Morgan fingerprint density at radius 2 is 1.86 bits per heavy atom. The zero-order valence-corrected chi connectivity index (χ0v) is 13.9. The van der Waals surface area contributed by atoms with Crippen LogP contribution in [-0.2, 0) is 0 Å². The molecule has 0 bridgehead atoms. The van der Waals surface area contributed by atoms with Crippen LogP contribution >= 0.6 is 23.2 Å². The van der Waals surface area contributed by atoms with E-state index < -0.39 is 6.10 Å². The summed E-state index contributed by atoms with van der Waals surface area (Å²) in [5.74, 6) is 0.570. The standard InChI is InChI=1S/C18H18Cl2O2/c1-2-3-9-17(22-14-7-5-4-6-8-14)18(21)15-11-10-13(19)12-16(15)20/h4-8,10-12,17H,2-3,9H2,1H3. The monoisotopic (exact) mass is 336 g/mol. The molecule has 0 aliphatic heterocycles. The summed E-state index contributed by atoms with van der Waals surface area (Å²) in [6.45, 7) is 2.08. The number of rotatable bonds is 7. The molecule has 116 valence electrons. The van der Waals surface area contributed by atoms with Crippen molar-refractivity contribution in [2.45, 2.75) is 32.3 Å². The van der Waals surface area contributed by atoms with E-state index in [2.05, 4.69) is 6.92 Å². The second kappa shape index (κ2) is 8.21. The highest BCUT2D eigenvalue weighted by Crippen LogP contribution is 2.25. The molecule has 0 aliphatic carbocycles. The lowest BCUT2D eigenvalue weighted by Crippen LogP contribution is -2.27. The van der Waals surface area contributed by atoms with E-state index in [0.29, 0.717) is 27.8 Å². The third-order valence-electron chi connectivity index (χ3n) is 3.33. The van der Waals surface area contributed by atoms with Crippen LogP contribution in [-0.4, -0.2) is 11.9 Å². The van der Waals surface area contributed by atoms with Gasteiger partial charge in [0, 0.05) is 10.6 Å². The van der Waals surface area contributed by atoms with E-state index in [4.69, 9.17) is 27.9 Å². The summed E-state index contributed by atoms with van der Waals surface area (Å²) < 4.78 is 5.88. The van der Waals surface area contributed by atoms with Crippen LogP contribution in [0.2, 0.25) is 10.0 Å². The molecule has 2 nitrogen and oxygen atoms in total. The highest BCUT2D eigenvalue weighted by atomic mass is 35.5. The number of carbonyl (C=O) groups is 1. The van der Waals surface area contributed by atoms with E-state index in [9.17, 15) is 4.79 Å². The average molecular weight is 337 g/mol. The minimum atomic E-state index is -0.541. The Hall–Kier alpha value is -1.51. The third kappa shape index (κ3) is 4.49. The Morgan fingerprint density at radius 1 is 1.14 bits per heavy atom. The van der Waals surface area contributed by atoms with Crippen LogP contribution in [0.15, 0.2) is 48.5 Å². The van der Waals surface area contributed by atoms with Gasteiger partial charge in [-0.2, -0.15) is 0 Å². The van der Waals surface area contributed by atoms with Crippen LogP contribution in [0.5, 0.6) is 5.75 Å². The van der Waals surface area contributed by atoms with Crippen molar-refractivity contribution < 1.29 is 9.53 Å². The van der Waals surface area contributed by atoms with E-state index in [-0.39, 0.29) is 5.78 Å². The smallest absolute Gasteiger partial charge is 0.204 e. The van der Waals surface area contributed by atoms with Crippen molar-refractivity contribution in [3.8, 4) is 5.75 Å². The van der Waals surface area contributed by atoms with Crippen LogP contribution in [0.25, 0.3) is 0 Å². The molecule has 1 atom stereocenters. The second-order valence-electron chi connectivity index (χ2n) is 5.05. The van der Waals surface area contributed by atoms with Gasteiger partial charge < -0.3 is 4.74 Å². The normalized spacial score (nSPS) is 12.0. The lowest BCUT2D eigenvalue weighted by atomic mass is 10.0. The molecule has 0 radical (unpaired) electrons. The average Bonchev–Trinajstić information content (AvgIpc) is 2.52. The summed E-state index contributed by atoms with van der Waals surface area (Å²) in [6, 6.07) is 14.3. The number of hydrogen-bond donors (Lipinski definition) is 0. The van der Waals surface area contributed by atoms with Gasteiger partial charge in [0.1, 0.15) is 5.75 Å². The number of Topliss-reactive ketones (excluding diaryl/α,β-unsaturated/α-hetero) is 1. The zero-order chi connectivity index (χ0) is 15.9. The Morgan fingerprint density at radius 3 is 2.50 bits per heavy atom. The number of ketones is 1. The Labute approximate surface area is 141 Å². The molecule has 0 saturated heterocycles. The molecule has 0 aromatic heterocycles. The number of benzene rings is 2. The van der Waals surface area contributed by atoms with Crippen molar-refractivity contribution in [1.29, 1.82) is 0 Å². The molecule has 1 unspecified atom stereocenters. The molecule has 0 fully saturated rings. The van der Waals surface area contributed by atoms with Gasteiger partial charge in [-0.15, -0.1) is 0 Å². The van der Waals surface area contributed by atoms with E-state index >= 15 is 0 Å². The molecule has 2 aromatic rings. The summed E-state index contributed by atoms with van der Waals surface area (Å²) in [6.07, 6.45) is 2.02. The largest absolute Gasteiger partial charge is 0.482 e. The van der Waals surface area contributed by atoms with Crippen molar-refractivity contribution in [2.24, 2.45) is 0 Å². The van der Waals surface area contributed by atoms with Crippen molar-refractivity contribution >= 4 is 29.0 Å². The fourth-order valence-corrected chi connectivity index (χ4v) is 2.66. The maximum Gasteiger partial charge on any atom is 0.204 e. The molecule has 2 aromatic carbocycles. The summed E-state index contributed by atoms with van der Waals surface area (Å²) in [7, 11) is 0. The Kier molecular flexibility index (Phi) is 6.29. The number of carbonyl (C=O) groups excluding carboxylic acids is 1. The van der Waals surface area contributed by atoms with E-state index in [1.807, 2.05) is 30.3 Å². The lowest BCUT2D eigenvalue weighted by Gasteiger charge is -2.18. The zero-order valence-electron chi connectivity index (χ0n) is 12.4. The van der Waals surface area contributed by atoms with E-state index in [1.165, 1.54) is 0 Å². The number of ether oxygens (including phenoxy) is 1. The van der Waals surface area contributed by atoms with Gasteiger partial charge in [-0.1, -0.05) is 54.7 Å². The number of halogens is 2. The first-order valence-electron chi connectivity index (χ1n) is 7.32. The molecule has 0 amide bonds. The van der Waals surface area contributed by atoms with Gasteiger partial charge in [0.05, 0.1) is 5.02 Å². The van der Waals surface area contributed by atoms with E-state index in [0.717, 1.165) is 12.8 Å². The first-order chi connectivity index (χ1) is 10.6. The maximum absolute atomic E-state index is 12.7. The minimum absolute atomic E-state index is 0.112. The van der Waals surface area contributed by atoms with Crippen LogP contribution in [0.4, 0.5) is 0 Å². The van der Waals surface area contributed by atoms with Crippen molar-refractivity contribution in [1.82, 2.24) is 0 Å². The van der Waals surface area contributed by atoms with Gasteiger partial charge in [0.2, 0.25) is 5.78 Å². The molecule has 22 heavy (non-hydrogen) atoms. The first-order valence-corrected chi connectivity index (χ1v) is 8.08. The fraction of sp³-hybridized carbons (Fsp3) is 0.278. The number of hydrogen-bond acceptors (Lipinski definition) is 2. The highest BCUT2D eigenvalue weighted by molar-refractivity contribution is 6.37. The maximum atomic E-state index is 12.7. The minimum Gasteiger partial charge on any atom is -0.482 e. The summed E-state index contributed by atoms with van der Waals surface area (Å²) in [5.41, 5.74) is 0.447. The number of para-hydroxylation sites is 1. The van der Waals surface area contributed by atoms with Crippen LogP contribution in [0, 0.1) is 0 Å². The summed E-state index contributed by atoms with van der Waals surface area (Å²) in [4.78, 5) is 12.7. The molecule has 4 heteroatoms. The van der Waals surface area contributed by atoms with Crippen LogP contribution < -0.4 is 4.74 Å². The molecule has 0 saturated carbocycles. The Balaban J connectivity index is 2.22. The SMILES string of the molecule is CCCCC(Oc1ccccc1)C(=O)c1ccc(Cl)cc1Cl. The van der Waals surface area contributed by atoms with Gasteiger partial charge in [0.25, 0.3) is 0 Å². The van der Waals surface area contributed by atoms with Crippen molar-refractivity contribution in [3.05, 3.63) is 64.1 Å². The predicted octanol–water partition coefficient (Wildman–Crippen LogP) is 5.81. The van der Waals surface area contributed by atoms with Gasteiger partial charge in [-0.3, -0.25) is 4.79 Å². The summed E-state index contributed by atoms with van der Waals surface area (Å²) >= 11 is 12.0. The van der Waals surface area contributed by atoms with Gasteiger partial charge in [-0.25, -0.2) is 0 Å². The molecule has 0 aliphatic rings. The van der Waals surface area contributed by atoms with Crippen molar-refractivity contribution in [3.63, 3.8) is 0 Å². The van der Waals surface area contributed by atoms with Crippen molar-refractivity contribution in [2.75, 3.05) is 0 Å². The molecule has 0 N–H and O–H groups in total. The topological polar surface area (TPSA) is 26.3 Å². The predicted molar refractivity (Wildman–Crippen MR) is 91.2 cm³/mol.